The Morgan fingerprint density at radius 1 is 1.15 bits per heavy atom. The summed E-state index contributed by atoms with van der Waals surface area (Å²) in [6.07, 6.45) is 0.566. The van der Waals surface area contributed by atoms with Crippen LogP contribution in [0.5, 0.6) is 0 Å². The lowest BCUT2D eigenvalue weighted by atomic mass is 10.1. The highest BCUT2D eigenvalue weighted by molar-refractivity contribution is 9.10. The van der Waals surface area contributed by atoms with E-state index in [0.29, 0.717) is 6.42 Å². The first-order valence-electron chi connectivity index (χ1n) is 7.03. The summed E-state index contributed by atoms with van der Waals surface area (Å²) in [5.41, 5.74) is 0.776. The van der Waals surface area contributed by atoms with Crippen molar-refractivity contribution in [2.75, 3.05) is 45.9 Å². The van der Waals surface area contributed by atoms with Crippen LogP contribution in [0.15, 0.2) is 28.7 Å². The number of Topliss-reactive ketones (excluding diaryl/α,β-unsaturated/α-hetero) is 1. The van der Waals surface area contributed by atoms with Crippen LogP contribution in [0.4, 0.5) is 0 Å². The van der Waals surface area contributed by atoms with Gasteiger partial charge in [0.15, 0.2) is 5.78 Å². The zero-order valence-electron chi connectivity index (χ0n) is 11.6. The van der Waals surface area contributed by atoms with Gasteiger partial charge in [-0.1, -0.05) is 28.1 Å². The molecule has 0 saturated carbocycles. The molecular formula is C15H21BrN2O2. The SMILES string of the molecule is O=C(CCN1CCN(CCO)CC1)c1cccc(Br)c1. The monoisotopic (exact) mass is 340 g/mol. The van der Waals surface area contributed by atoms with Crippen LogP contribution < -0.4 is 0 Å². The normalized spacial score (nSPS) is 17.3. The molecule has 0 radical (unpaired) electrons. The van der Waals surface area contributed by atoms with E-state index in [-0.39, 0.29) is 12.4 Å². The fourth-order valence-corrected chi connectivity index (χ4v) is 2.84. The topological polar surface area (TPSA) is 43.8 Å². The minimum atomic E-state index is 0.198. The van der Waals surface area contributed by atoms with Gasteiger partial charge in [-0.25, -0.2) is 0 Å². The molecule has 1 heterocycles. The Morgan fingerprint density at radius 3 is 2.40 bits per heavy atom. The lowest BCUT2D eigenvalue weighted by Crippen LogP contribution is -2.47. The van der Waals surface area contributed by atoms with Crippen molar-refractivity contribution in [2.45, 2.75) is 6.42 Å². The molecule has 1 aliphatic heterocycles. The molecule has 1 aromatic rings. The number of rotatable bonds is 6. The van der Waals surface area contributed by atoms with Crippen molar-refractivity contribution in [3.63, 3.8) is 0 Å². The van der Waals surface area contributed by atoms with Gasteiger partial charge in [0.2, 0.25) is 0 Å². The molecule has 110 valence electrons. The fraction of sp³-hybridized carbons (Fsp3) is 0.533. The van der Waals surface area contributed by atoms with Gasteiger partial charge in [-0.3, -0.25) is 9.69 Å². The van der Waals surface area contributed by atoms with Gasteiger partial charge < -0.3 is 10.0 Å². The number of β-amino-alcohol motifs (C(OH)–C–C–N with tert-alkyl or cyclic N) is 1. The molecule has 0 aliphatic carbocycles. The van der Waals surface area contributed by atoms with Gasteiger partial charge in [-0.2, -0.15) is 0 Å². The predicted octanol–water partition coefficient (Wildman–Crippen LogP) is 1.63. The van der Waals surface area contributed by atoms with Gasteiger partial charge in [-0.05, 0) is 12.1 Å². The molecule has 1 fully saturated rings. The van der Waals surface area contributed by atoms with Crippen LogP contribution in [0.25, 0.3) is 0 Å². The number of hydrogen-bond acceptors (Lipinski definition) is 4. The van der Waals surface area contributed by atoms with E-state index < -0.39 is 0 Å². The first-order chi connectivity index (χ1) is 9.69. The quantitative estimate of drug-likeness (QED) is 0.799. The van der Waals surface area contributed by atoms with E-state index >= 15 is 0 Å². The van der Waals surface area contributed by atoms with Crippen LogP contribution in [0, 0.1) is 0 Å². The maximum Gasteiger partial charge on any atom is 0.164 e. The summed E-state index contributed by atoms with van der Waals surface area (Å²) in [6.45, 7) is 5.71. The van der Waals surface area contributed by atoms with Crippen LogP contribution in [0.1, 0.15) is 16.8 Å². The Hall–Kier alpha value is -0.750. The van der Waals surface area contributed by atoms with Gasteiger partial charge >= 0.3 is 0 Å². The fourth-order valence-electron chi connectivity index (χ4n) is 2.44. The molecule has 20 heavy (non-hydrogen) atoms. The zero-order chi connectivity index (χ0) is 14.4. The molecule has 1 aliphatic rings. The molecule has 1 aromatic carbocycles. The molecule has 0 amide bonds. The Balaban J connectivity index is 1.74. The Morgan fingerprint density at radius 2 is 1.80 bits per heavy atom. The van der Waals surface area contributed by atoms with E-state index in [1.165, 1.54) is 0 Å². The number of hydrogen-bond donors (Lipinski definition) is 1. The minimum Gasteiger partial charge on any atom is -0.395 e. The molecule has 0 unspecified atom stereocenters. The molecule has 4 nitrogen and oxygen atoms in total. The summed E-state index contributed by atoms with van der Waals surface area (Å²) in [6, 6.07) is 7.57. The Bertz CT molecular complexity index is 445. The molecular weight excluding hydrogens is 320 g/mol. The van der Waals surface area contributed by atoms with Gasteiger partial charge in [0.05, 0.1) is 6.61 Å². The van der Waals surface area contributed by atoms with Gasteiger partial charge in [0, 0.05) is 55.7 Å². The number of nitrogens with zero attached hydrogens (tertiary/aromatic N) is 2. The van der Waals surface area contributed by atoms with E-state index in [0.717, 1.165) is 49.3 Å². The van der Waals surface area contributed by atoms with Crippen LogP contribution in [-0.2, 0) is 0 Å². The van der Waals surface area contributed by atoms with E-state index in [1.807, 2.05) is 24.3 Å². The molecule has 0 atom stereocenters. The molecule has 0 bridgehead atoms. The lowest BCUT2D eigenvalue weighted by Gasteiger charge is -2.34. The Kier molecular flexibility index (Phi) is 6.16. The maximum absolute atomic E-state index is 12.1. The van der Waals surface area contributed by atoms with Crippen molar-refractivity contribution in [3.8, 4) is 0 Å². The second-order valence-electron chi connectivity index (χ2n) is 5.09. The number of aliphatic hydroxyl groups excluding tert-OH is 1. The molecule has 1 saturated heterocycles. The maximum atomic E-state index is 12.1. The number of ketones is 1. The highest BCUT2D eigenvalue weighted by Gasteiger charge is 2.17. The number of benzene rings is 1. The van der Waals surface area contributed by atoms with Crippen molar-refractivity contribution in [3.05, 3.63) is 34.3 Å². The zero-order valence-corrected chi connectivity index (χ0v) is 13.2. The lowest BCUT2D eigenvalue weighted by molar-refractivity contribution is 0.0907. The number of halogens is 1. The van der Waals surface area contributed by atoms with E-state index in [9.17, 15) is 4.79 Å². The second-order valence-corrected chi connectivity index (χ2v) is 6.01. The van der Waals surface area contributed by atoms with Crippen LogP contribution in [0.2, 0.25) is 0 Å². The third-order valence-electron chi connectivity index (χ3n) is 3.68. The first-order valence-corrected chi connectivity index (χ1v) is 7.82. The number of aliphatic hydroxyl groups is 1. The van der Waals surface area contributed by atoms with Crippen molar-refractivity contribution < 1.29 is 9.90 Å². The van der Waals surface area contributed by atoms with E-state index in [4.69, 9.17) is 5.11 Å². The van der Waals surface area contributed by atoms with Crippen molar-refractivity contribution in [1.82, 2.24) is 9.80 Å². The predicted molar refractivity (Wildman–Crippen MR) is 83.1 cm³/mol. The van der Waals surface area contributed by atoms with Crippen LogP contribution in [0.3, 0.4) is 0 Å². The molecule has 5 heteroatoms. The summed E-state index contributed by atoms with van der Waals surface area (Å²) >= 11 is 3.39. The molecule has 0 aromatic heterocycles. The summed E-state index contributed by atoms with van der Waals surface area (Å²) in [5.74, 6) is 0.198. The smallest absolute Gasteiger partial charge is 0.164 e. The first kappa shape index (κ1) is 15.6. The minimum absolute atomic E-state index is 0.198. The summed E-state index contributed by atoms with van der Waals surface area (Å²) in [5, 5.41) is 8.91. The number of carbonyl (C=O) groups is 1. The van der Waals surface area contributed by atoms with Gasteiger partial charge in [0.25, 0.3) is 0 Å². The van der Waals surface area contributed by atoms with E-state index in [2.05, 4.69) is 25.7 Å². The third-order valence-corrected chi connectivity index (χ3v) is 4.18. The largest absolute Gasteiger partial charge is 0.395 e. The van der Waals surface area contributed by atoms with Crippen LogP contribution in [-0.4, -0.2) is 66.6 Å². The van der Waals surface area contributed by atoms with Crippen LogP contribution >= 0.6 is 15.9 Å². The number of carbonyl (C=O) groups excluding carboxylic acids is 1. The summed E-state index contributed by atoms with van der Waals surface area (Å²) < 4.78 is 0.945. The van der Waals surface area contributed by atoms with Crippen molar-refractivity contribution >= 4 is 21.7 Å². The standard InChI is InChI=1S/C15H21BrN2O2/c16-14-3-1-2-13(12-14)15(20)4-5-17-6-8-18(9-7-17)10-11-19/h1-3,12,19H,4-11H2. The Labute approximate surface area is 128 Å². The average molecular weight is 341 g/mol. The van der Waals surface area contributed by atoms with Crippen molar-refractivity contribution in [1.29, 1.82) is 0 Å². The van der Waals surface area contributed by atoms with Crippen molar-refractivity contribution in [2.24, 2.45) is 0 Å². The van der Waals surface area contributed by atoms with E-state index in [1.54, 1.807) is 0 Å². The highest BCUT2D eigenvalue weighted by atomic mass is 79.9. The summed E-state index contributed by atoms with van der Waals surface area (Å²) in [4.78, 5) is 16.7. The van der Waals surface area contributed by atoms with Gasteiger partial charge in [-0.15, -0.1) is 0 Å². The summed E-state index contributed by atoms with van der Waals surface area (Å²) in [7, 11) is 0. The van der Waals surface area contributed by atoms with Gasteiger partial charge in [0.1, 0.15) is 0 Å². The second kappa shape index (κ2) is 7.88. The third kappa shape index (κ3) is 4.66. The number of piperazine rings is 1. The molecule has 1 N–H and O–H groups in total. The molecule has 0 spiro atoms. The molecule has 2 rings (SSSR count). The average Bonchev–Trinajstić information content (AvgIpc) is 2.46. The highest BCUT2D eigenvalue weighted by Crippen LogP contribution is 2.13.